The van der Waals surface area contributed by atoms with Crippen molar-refractivity contribution in [2.24, 2.45) is 5.73 Å². The van der Waals surface area contributed by atoms with Crippen LogP contribution in [0.15, 0.2) is 0 Å². The molecule has 0 atom stereocenters. The number of carbonyl (C=O) groups is 1. The summed E-state index contributed by atoms with van der Waals surface area (Å²) in [5.74, 6) is -0.968. The predicted molar refractivity (Wildman–Crippen MR) is 50.2 cm³/mol. The van der Waals surface area contributed by atoms with E-state index in [0.717, 1.165) is 0 Å². The van der Waals surface area contributed by atoms with Gasteiger partial charge in [-0.1, -0.05) is 20.8 Å². The van der Waals surface area contributed by atoms with Gasteiger partial charge in [-0.2, -0.15) is 0 Å². The Morgan fingerprint density at radius 1 is 1.25 bits per heavy atom. The summed E-state index contributed by atoms with van der Waals surface area (Å²) in [6.45, 7) is 9.85. The van der Waals surface area contributed by atoms with E-state index in [0.29, 0.717) is 0 Å². The summed E-state index contributed by atoms with van der Waals surface area (Å²) in [6, 6.07) is 0. The maximum atomic E-state index is 9.24. The van der Waals surface area contributed by atoms with Crippen molar-refractivity contribution in [1.29, 1.82) is 0 Å². The first-order chi connectivity index (χ1) is 5.62. The number of carboxylic acids is 1. The van der Waals surface area contributed by atoms with Gasteiger partial charge in [-0.05, 0) is 19.6 Å². The number of nitrogens with zero attached hydrogens (tertiary/aromatic N) is 1. The lowest BCUT2D eigenvalue weighted by Gasteiger charge is -2.13. The Morgan fingerprint density at radius 2 is 1.50 bits per heavy atom. The van der Waals surface area contributed by atoms with Crippen LogP contribution < -0.4 is 5.73 Å². The molecule has 0 aromatic rings. The molecule has 0 aliphatic rings. The van der Waals surface area contributed by atoms with Crippen LogP contribution in [0.5, 0.6) is 0 Å². The van der Waals surface area contributed by atoms with Crippen molar-refractivity contribution in [1.82, 2.24) is 4.90 Å². The predicted octanol–water partition coefficient (Wildman–Crippen LogP) is 0.378. The molecule has 0 unspecified atom stereocenters. The van der Waals surface area contributed by atoms with Crippen molar-refractivity contribution in [3.8, 4) is 0 Å². The van der Waals surface area contributed by atoms with Gasteiger partial charge >= 0.3 is 5.97 Å². The molecule has 4 heteroatoms. The summed E-state index contributed by atoms with van der Waals surface area (Å²) in [4.78, 5) is 11.6. The molecule has 0 bridgehead atoms. The normalized spacial score (nSPS) is 9.08. The SMILES string of the molecule is CCN(CC)CC.NCC(=O)O. The third kappa shape index (κ3) is 12.1. The Kier molecular flexibility index (Phi) is 12.1. The number of nitrogens with two attached hydrogens (primary N) is 1. The molecule has 0 heterocycles. The second-order valence-electron chi connectivity index (χ2n) is 2.22. The number of hydrogen-bond donors (Lipinski definition) is 2. The maximum absolute atomic E-state index is 9.24. The van der Waals surface area contributed by atoms with Gasteiger partial charge in [-0.25, -0.2) is 0 Å². The smallest absolute Gasteiger partial charge is 0.317 e. The lowest BCUT2D eigenvalue weighted by atomic mass is 10.5. The lowest BCUT2D eigenvalue weighted by molar-refractivity contribution is -0.135. The zero-order valence-corrected chi connectivity index (χ0v) is 8.21. The lowest BCUT2D eigenvalue weighted by Crippen LogP contribution is -2.21. The van der Waals surface area contributed by atoms with E-state index in [-0.39, 0.29) is 6.54 Å². The van der Waals surface area contributed by atoms with Crippen LogP contribution >= 0.6 is 0 Å². The summed E-state index contributed by atoms with van der Waals surface area (Å²) in [5.41, 5.74) is 4.57. The summed E-state index contributed by atoms with van der Waals surface area (Å²) < 4.78 is 0. The summed E-state index contributed by atoms with van der Waals surface area (Å²) >= 11 is 0. The Balaban J connectivity index is 0. The summed E-state index contributed by atoms with van der Waals surface area (Å²) in [5, 5.41) is 7.60. The van der Waals surface area contributed by atoms with E-state index in [1.807, 2.05) is 0 Å². The van der Waals surface area contributed by atoms with E-state index in [2.05, 4.69) is 31.4 Å². The first-order valence-electron chi connectivity index (χ1n) is 4.26. The molecule has 0 rings (SSSR count). The molecule has 0 aliphatic carbocycles. The highest BCUT2D eigenvalue weighted by molar-refractivity contribution is 5.68. The van der Waals surface area contributed by atoms with Crippen molar-refractivity contribution in [2.45, 2.75) is 20.8 Å². The van der Waals surface area contributed by atoms with Gasteiger partial charge < -0.3 is 15.7 Å². The first kappa shape index (κ1) is 13.9. The fourth-order valence-electron chi connectivity index (χ4n) is 0.671. The second kappa shape index (κ2) is 10.4. The molecule has 0 fully saturated rings. The average molecular weight is 176 g/mol. The minimum absolute atomic E-state index is 0.278. The van der Waals surface area contributed by atoms with Gasteiger partial charge in [-0.15, -0.1) is 0 Å². The van der Waals surface area contributed by atoms with Crippen LogP contribution in [0.3, 0.4) is 0 Å². The van der Waals surface area contributed by atoms with Crippen LogP contribution in [-0.4, -0.2) is 42.2 Å². The third-order valence-electron chi connectivity index (χ3n) is 1.52. The largest absolute Gasteiger partial charge is 0.480 e. The highest BCUT2D eigenvalue weighted by Crippen LogP contribution is 1.81. The fourth-order valence-corrected chi connectivity index (χ4v) is 0.671. The van der Waals surface area contributed by atoms with Gasteiger partial charge in [0.05, 0.1) is 6.54 Å². The van der Waals surface area contributed by atoms with Crippen molar-refractivity contribution < 1.29 is 9.90 Å². The highest BCUT2D eigenvalue weighted by atomic mass is 16.4. The van der Waals surface area contributed by atoms with Gasteiger partial charge in [0.15, 0.2) is 0 Å². The van der Waals surface area contributed by atoms with Crippen LogP contribution in [0.4, 0.5) is 0 Å². The number of aliphatic carboxylic acids is 1. The van der Waals surface area contributed by atoms with Crippen molar-refractivity contribution in [3.05, 3.63) is 0 Å². The third-order valence-corrected chi connectivity index (χ3v) is 1.52. The van der Waals surface area contributed by atoms with Crippen LogP contribution in [0.1, 0.15) is 20.8 Å². The van der Waals surface area contributed by atoms with E-state index in [4.69, 9.17) is 5.11 Å². The molecular formula is C8H20N2O2. The summed E-state index contributed by atoms with van der Waals surface area (Å²) in [7, 11) is 0. The van der Waals surface area contributed by atoms with Crippen LogP contribution in [0, 0.1) is 0 Å². The molecule has 0 radical (unpaired) electrons. The molecule has 0 saturated heterocycles. The zero-order chi connectivity index (χ0) is 9.98. The van der Waals surface area contributed by atoms with Crippen molar-refractivity contribution in [3.63, 3.8) is 0 Å². The van der Waals surface area contributed by atoms with Crippen molar-refractivity contribution in [2.75, 3.05) is 26.2 Å². The molecule has 74 valence electrons. The quantitative estimate of drug-likeness (QED) is 0.649. The Labute approximate surface area is 74.4 Å². The van der Waals surface area contributed by atoms with E-state index >= 15 is 0 Å². The topological polar surface area (TPSA) is 66.6 Å². The van der Waals surface area contributed by atoms with Gasteiger partial charge in [0.2, 0.25) is 0 Å². The molecular weight excluding hydrogens is 156 g/mol. The van der Waals surface area contributed by atoms with E-state index in [9.17, 15) is 4.79 Å². The van der Waals surface area contributed by atoms with Crippen molar-refractivity contribution >= 4 is 5.97 Å². The number of hydrogen-bond acceptors (Lipinski definition) is 3. The molecule has 0 saturated carbocycles. The van der Waals surface area contributed by atoms with Gasteiger partial charge in [0.25, 0.3) is 0 Å². The number of carboxylic acid groups (broad SMARTS) is 1. The maximum Gasteiger partial charge on any atom is 0.317 e. The fraction of sp³-hybridized carbons (Fsp3) is 0.875. The molecule has 4 nitrogen and oxygen atoms in total. The summed E-state index contributed by atoms with van der Waals surface area (Å²) in [6.07, 6.45) is 0. The van der Waals surface area contributed by atoms with E-state index < -0.39 is 5.97 Å². The zero-order valence-electron chi connectivity index (χ0n) is 8.21. The molecule has 0 aromatic heterocycles. The monoisotopic (exact) mass is 176 g/mol. The standard InChI is InChI=1S/C6H15N.C2H5NO2/c1-4-7(5-2)6-3;3-1-2(4)5/h4-6H2,1-3H3;1,3H2,(H,4,5). The van der Waals surface area contributed by atoms with E-state index in [1.165, 1.54) is 19.6 Å². The Bertz CT molecular complexity index is 97.7. The molecule has 3 N–H and O–H groups in total. The molecule has 0 amide bonds. The van der Waals surface area contributed by atoms with Gasteiger partial charge in [-0.3, -0.25) is 4.79 Å². The van der Waals surface area contributed by atoms with Crippen LogP contribution in [-0.2, 0) is 4.79 Å². The van der Waals surface area contributed by atoms with Crippen LogP contribution in [0.25, 0.3) is 0 Å². The van der Waals surface area contributed by atoms with Gasteiger partial charge in [0, 0.05) is 0 Å². The van der Waals surface area contributed by atoms with Gasteiger partial charge in [0.1, 0.15) is 0 Å². The van der Waals surface area contributed by atoms with Crippen LogP contribution in [0.2, 0.25) is 0 Å². The molecule has 0 aromatic carbocycles. The Morgan fingerprint density at radius 3 is 1.50 bits per heavy atom. The second-order valence-corrected chi connectivity index (χ2v) is 2.22. The molecule has 0 aliphatic heterocycles. The molecule has 0 spiro atoms. The average Bonchev–Trinajstić information content (AvgIpc) is 2.09. The minimum Gasteiger partial charge on any atom is -0.480 e. The molecule has 12 heavy (non-hydrogen) atoms. The number of rotatable bonds is 4. The highest BCUT2D eigenvalue weighted by Gasteiger charge is 1.89. The minimum atomic E-state index is -0.968. The Hall–Kier alpha value is -0.610. The first-order valence-corrected chi connectivity index (χ1v) is 4.26. The van der Waals surface area contributed by atoms with E-state index in [1.54, 1.807) is 0 Å².